The Labute approximate surface area is 90.7 Å². The van der Waals surface area contributed by atoms with Crippen molar-refractivity contribution in [2.45, 2.75) is 31.7 Å². The van der Waals surface area contributed by atoms with Gasteiger partial charge in [0.15, 0.2) is 0 Å². The minimum atomic E-state index is 0.0312. The molecule has 1 saturated carbocycles. The van der Waals surface area contributed by atoms with Gasteiger partial charge in [-0.15, -0.1) is 0 Å². The van der Waals surface area contributed by atoms with Gasteiger partial charge in [-0.3, -0.25) is 4.98 Å². The van der Waals surface area contributed by atoms with Crippen molar-refractivity contribution in [3.8, 4) is 5.75 Å². The maximum absolute atomic E-state index is 6.23. The van der Waals surface area contributed by atoms with E-state index in [0.717, 1.165) is 11.4 Å². The van der Waals surface area contributed by atoms with Gasteiger partial charge >= 0.3 is 0 Å². The highest BCUT2D eigenvalue weighted by molar-refractivity contribution is 5.29. The SMILES string of the molecule is COc1cccnc1C(N)C1CCCC1. The maximum Gasteiger partial charge on any atom is 0.141 e. The first-order valence-corrected chi connectivity index (χ1v) is 5.57. The summed E-state index contributed by atoms with van der Waals surface area (Å²) < 4.78 is 5.28. The van der Waals surface area contributed by atoms with Crippen LogP contribution in [0.25, 0.3) is 0 Å². The molecule has 2 rings (SSSR count). The van der Waals surface area contributed by atoms with E-state index in [9.17, 15) is 0 Å². The van der Waals surface area contributed by atoms with Crippen LogP contribution in [-0.2, 0) is 0 Å². The summed E-state index contributed by atoms with van der Waals surface area (Å²) in [7, 11) is 1.67. The van der Waals surface area contributed by atoms with Crippen molar-refractivity contribution < 1.29 is 4.74 Å². The van der Waals surface area contributed by atoms with Crippen LogP contribution in [0.1, 0.15) is 37.4 Å². The molecule has 82 valence electrons. The van der Waals surface area contributed by atoms with E-state index in [2.05, 4.69) is 4.98 Å². The van der Waals surface area contributed by atoms with Gasteiger partial charge in [-0.05, 0) is 30.9 Å². The molecule has 0 bridgehead atoms. The van der Waals surface area contributed by atoms with Crippen molar-refractivity contribution >= 4 is 0 Å². The van der Waals surface area contributed by atoms with Crippen LogP contribution >= 0.6 is 0 Å². The van der Waals surface area contributed by atoms with Crippen LogP contribution in [0.15, 0.2) is 18.3 Å². The fraction of sp³-hybridized carbons (Fsp3) is 0.583. The van der Waals surface area contributed by atoms with Crippen molar-refractivity contribution in [1.29, 1.82) is 0 Å². The van der Waals surface area contributed by atoms with Crippen molar-refractivity contribution in [3.63, 3.8) is 0 Å². The number of hydrogen-bond donors (Lipinski definition) is 1. The van der Waals surface area contributed by atoms with Crippen molar-refractivity contribution in [1.82, 2.24) is 4.98 Å². The molecule has 0 radical (unpaired) electrons. The first kappa shape index (κ1) is 10.4. The summed E-state index contributed by atoms with van der Waals surface area (Å²) in [6.07, 6.45) is 6.83. The minimum Gasteiger partial charge on any atom is -0.495 e. The molecular formula is C12H18N2O. The molecule has 1 heterocycles. The van der Waals surface area contributed by atoms with Gasteiger partial charge in [0.1, 0.15) is 5.75 Å². The summed E-state index contributed by atoms with van der Waals surface area (Å²) in [6, 6.07) is 3.84. The lowest BCUT2D eigenvalue weighted by atomic mass is 9.95. The third kappa shape index (κ3) is 2.12. The molecule has 1 aromatic heterocycles. The third-order valence-corrected chi connectivity index (χ3v) is 3.24. The minimum absolute atomic E-state index is 0.0312. The standard InChI is InChI=1S/C12H18N2O/c1-15-10-7-4-8-14-12(10)11(13)9-5-2-3-6-9/h4,7-9,11H,2-3,5-6,13H2,1H3. The van der Waals surface area contributed by atoms with Gasteiger partial charge in [-0.1, -0.05) is 12.8 Å². The monoisotopic (exact) mass is 206 g/mol. The first-order chi connectivity index (χ1) is 7.33. The quantitative estimate of drug-likeness (QED) is 0.825. The summed E-state index contributed by atoms with van der Waals surface area (Å²) in [5.74, 6) is 1.39. The van der Waals surface area contributed by atoms with E-state index in [1.807, 2.05) is 12.1 Å². The number of aromatic nitrogens is 1. The summed E-state index contributed by atoms with van der Waals surface area (Å²) >= 11 is 0. The molecule has 0 spiro atoms. The normalized spacial score (nSPS) is 19.1. The van der Waals surface area contributed by atoms with E-state index >= 15 is 0 Å². The number of pyridine rings is 1. The molecule has 0 amide bonds. The Hall–Kier alpha value is -1.09. The Bertz CT molecular complexity index is 321. The summed E-state index contributed by atoms with van der Waals surface area (Å²) in [6.45, 7) is 0. The molecule has 3 nitrogen and oxygen atoms in total. The maximum atomic E-state index is 6.23. The second-order valence-corrected chi connectivity index (χ2v) is 4.16. The van der Waals surface area contributed by atoms with Crippen molar-refractivity contribution in [2.24, 2.45) is 11.7 Å². The Morgan fingerprint density at radius 2 is 2.20 bits per heavy atom. The Morgan fingerprint density at radius 1 is 1.47 bits per heavy atom. The molecule has 1 aliphatic rings. The molecule has 1 unspecified atom stereocenters. The second kappa shape index (κ2) is 4.62. The van der Waals surface area contributed by atoms with Gasteiger partial charge in [-0.25, -0.2) is 0 Å². The number of nitrogens with two attached hydrogens (primary N) is 1. The molecule has 1 fully saturated rings. The van der Waals surface area contributed by atoms with Crippen LogP contribution < -0.4 is 10.5 Å². The zero-order valence-electron chi connectivity index (χ0n) is 9.15. The lowest BCUT2D eigenvalue weighted by Crippen LogP contribution is -2.21. The highest BCUT2D eigenvalue weighted by Crippen LogP contribution is 2.36. The van der Waals surface area contributed by atoms with Crippen LogP contribution in [0.4, 0.5) is 0 Å². The number of hydrogen-bond acceptors (Lipinski definition) is 3. The number of nitrogens with zero attached hydrogens (tertiary/aromatic N) is 1. The molecule has 2 N–H and O–H groups in total. The average molecular weight is 206 g/mol. The highest BCUT2D eigenvalue weighted by Gasteiger charge is 2.26. The van der Waals surface area contributed by atoms with Crippen LogP contribution in [0, 0.1) is 5.92 Å². The Morgan fingerprint density at radius 3 is 2.87 bits per heavy atom. The largest absolute Gasteiger partial charge is 0.495 e. The van der Waals surface area contributed by atoms with Crippen LogP contribution in [-0.4, -0.2) is 12.1 Å². The molecule has 1 aromatic rings. The smallest absolute Gasteiger partial charge is 0.141 e. The fourth-order valence-corrected chi connectivity index (χ4v) is 2.37. The lowest BCUT2D eigenvalue weighted by molar-refractivity contribution is 0.378. The number of rotatable bonds is 3. The molecular weight excluding hydrogens is 188 g/mol. The Balaban J connectivity index is 2.19. The molecule has 1 aliphatic carbocycles. The van der Waals surface area contributed by atoms with Gasteiger partial charge < -0.3 is 10.5 Å². The van der Waals surface area contributed by atoms with Gasteiger partial charge in [0.2, 0.25) is 0 Å². The second-order valence-electron chi connectivity index (χ2n) is 4.16. The zero-order valence-corrected chi connectivity index (χ0v) is 9.15. The number of ether oxygens (including phenoxy) is 1. The van der Waals surface area contributed by atoms with Gasteiger partial charge in [-0.2, -0.15) is 0 Å². The molecule has 15 heavy (non-hydrogen) atoms. The van der Waals surface area contributed by atoms with Crippen molar-refractivity contribution in [2.75, 3.05) is 7.11 Å². The lowest BCUT2D eigenvalue weighted by Gasteiger charge is -2.19. The van der Waals surface area contributed by atoms with Crippen LogP contribution in [0.2, 0.25) is 0 Å². The molecule has 0 saturated heterocycles. The van der Waals surface area contributed by atoms with Gasteiger partial charge in [0.25, 0.3) is 0 Å². The predicted molar refractivity (Wildman–Crippen MR) is 59.7 cm³/mol. The van der Waals surface area contributed by atoms with E-state index in [4.69, 9.17) is 10.5 Å². The molecule has 0 aliphatic heterocycles. The predicted octanol–water partition coefficient (Wildman–Crippen LogP) is 2.28. The summed E-state index contributed by atoms with van der Waals surface area (Å²) in [4.78, 5) is 4.34. The van der Waals surface area contributed by atoms with E-state index < -0.39 is 0 Å². The average Bonchev–Trinajstić information content (AvgIpc) is 2.81. The molecule has 1 atom stereocenters. The van der Waals surface area contributed by atoms with E-state index in [-0.39, 0.29) is 6.04 Å². The molecule has 3 heteroatoms. The Kier molecular flexibility index (Phi) is 3.21. The van der Waals surface area contributed by atoms with Gasteiger partial charge in [0, 0.05) is 6.20 Å². The number of methoxy groups -OCH3 is 1. The van der Waals surface area contributed by atoms with Crippen LogP contribution in [0.3, 0.4) is 0 Å². The van der Waals surface area contributed by atoms with E-state index in [1.54, 1.807) is 13.3 Å². The summed E-state index contributed by atoms with van der Waals surface area (Å²) in [5.41, 5.74) is 7.14. The third-order valence-electron chi connectivity index (χ3n) is 3.24. The van der Waals surface area contributed by atoms with E-state index in [0.29, 0.717) is 5.92 Å². The van der Waals surface area contributed by atoms with Crippen molar-refractivity contribution in [3.05, 3.63) is 24.0 Å². The first-order valence-electron chi connectivity index (χ1n) is 5.57. The topological polar surface area (TPSA) is 48.1 Å². The summed E-state index contributed by atoms with van der Waals surface area (Å²) in [5, 5.41) is 0. The van der Waals surface area contributed by atoms with E-state index in [1.165, 1.54) is 25.7 Å². The van der Waals surface area contributed by atoms with Gasteiger partial charge in [0.05, 0.1) is 18.8 Å². The molecule has 0 aromatic carbocycles. The fourth-order valence-electron chi connectivity index (χ4n) is 2.37. The van der Waals surface area contributed by atoms with Crippen LogP contribution in [0.5, 0.6) is 5.75 Å². The highest BCUT2D eigenvalue weighted by atomic mass is 16.5. The zero-order chi connectivity index (χ0) is 10.7.